The van der Waals surface area contributed by atoms with Gasteiger partial charge < -0.3 is 15.2 Å². The van der Waals surface area contributed by atoms with Gasteiger partial charge in [0.05, 0.1) is 13.7 Å². The molecule has 0 fully saturated rings. The highest BCUT2D eigenvalue weighted by atomic mass is 16.5. The van der Waals surface area contributed by atoms with Gasteiger partial charge in [-0.25, -0.2) is 0 Å². The fraction of sp³-hybridized carbons (Fsp3) is 0.562. The molecular weight excluding hydrogens is 254 g/mol. The Hall–Kier alpha value is -1.55. The topological polar surface area (TPSA) is 61.5 Å². The Morgan fingerprint density at radius 1 is 1.25 bits per heavy atom. The first-order valence-corrected chi connectivity index (χ1v) is 6.77. The van der Waals surface area contributed by atoms with E-state index in [1.54, 1.807) is 6.92 Å². The van der Waals surface area contributed by atoms with E-state index in [1.807, 2.05) is 18.2 Å². The molecule has 0 radical (unpaired) electrons. The van der Waals surface area contributed by atoms with E-state index in [1.165, 1.54) is 12.7 Å². The Morgan fingerprint density at radius 3 is 2.45 bits per heavy atom. The second kappa shape index (κ2) is 6.27. The third kappa shape index (κ3) is 4.53. The van der Waals surface area contributed by atoms with E-state index in [2.05, 4.69) is 31.6 Å². The van der Waals surface area contributed by atoms with Crippen molar-refractivity contribution in [2.24, 2.45) is 5.73 Å². The summed E-state index contributed by atoms with van der Waals surface area (Å²) in [6.07, 6.45) is 0.402. The van der Waals surface area contributed by atoms with Crippen LogP contribution in [-0.4, -0.2) is 25.2 Å². The summed E-state index contributed by atoms with van der Waals surface area (Å²) >= 11 is 0. The van der Waals surface area contributed by atoms with E-state index >= 15 is 0 Å². The van der Waals surface area contributed by atoms with Gasteiger partial charge in [0, 0.05) is 6.42 Å². The summed E-state index contributed by atoms with van der Waals surface area (Å²) in [4.78, 5) is 11.5. The van der Waals surface area contributed by atoms with Crippen molar-refractivity contribution >= 4 is 5.97 Å². The van der Waals surface area contributed by atoms with Crippen LogP contribution < -0.4 is 10.5 Å². The zero-order valence-corrected chi connectivity index (χ0v) is 13.0. The first-order valence-electron chi connectivity index (χ1n) is 6.77. The second-order valence-corrected chi connectivity index (χ2v) is 6.29. The maximum atomic E-state index is 11.5. The van der Waals surface area contributed by atoms with Gasteiger partial charge in [-0.05, 0) is 30.0 Å². The van der Waals surface area contributed by atoms with Crippen molar-refractivity contribution in [2.75, 3.05) is 13.7 Å². The number of carbonyl (C=O) groups excluding carboxylic acids is 1. The lowest BCUT2D eigenvalue weighted by Gasteiger charge is -2.22. The van der Waals surface area contributed by atoms with Crippen molar-refractivity contribution in [3.63, 3.8) is 0 Å². The molecule has 4 nitrogen and oxygen atoms in total. The van der Waals surface area contributed by atoms with Crippen molar-refractivity contribution in [3.8, 4) is 5.75 Å². The molecule has 0 aromatic heterocycles. The van der Waals surface area contributed by atoms with Crippen LogP contribution in [0.5, 0.6) is 5.75 Å². The monoisotopic (exact) mass is 279 g/mol. The minimum atomic E-state index is -1.02. The predicted molar refractivity (Wildman–Crippen MR) is 79.9 cm³/mol. The van der Waals surface area contributed by atoms with Crippen LogP contribution in [0, 0.1) is 0 Å². The lowest BCUT2D eigenvalue weighted by molar-refractivity contribution is -0.146. The molecule has 1 aromatic carbocycles. The van der Waals surface area contributed by atoms with Crippen molar-refractivity contribution in [1.29, 1.82) is 0 Å². The molecule has 0 aliphatic carbocycles. The van der Waals surface area contributed by atoms with Crippen molar-refractivity contribution in [1.82, 2.24) is 0 Å². The standard InChI is InChI=1S/C16H25NO3/c1-15(2,3)12-7-6-8-13(11-12)20-10-9-16(4,17)14(18)19-5/h6-8,11H,9-10,17H2,1-5H3. The highest BCUT2D eigenvalue weighted by Gasteiger charge is 2.29. The summed E-state index contributed by atoms with van der Waals surface area (Å²) in [5.74, 6) is 0.364. The van der Waals surface area contributed by atoms with Crippen LogP contribution in [0.2, 0.25) is 0 Å². The molecule has 1 aromatic rings. The van der Waals surface area contributed by atoms with Crippen LogP contribution in [0.3, 0.4) is 0 Å². The van der Waals surface area contributed by atoms with Crippen LogP contribution >= 0.6 is 0 Å². The molecule has 1 unspecified atom stereocenters. The van der Waals surface area contributed by atoms with Gasteiger partial charge >= 0.3 is 5.97 Å². The molecule has 0 aliphatic heterocycles. The maximum Gasteiger partial charge on any atom is 0.325 e. The highest BCUT2D eigenvalue weighted by Crippen LogP contribution is 2.25. The van der Waals surface area contributed by atoms with Gasteiger partial charge in [-0.3, -0.25) is 4.79 Å². The van der Waals surface area contributed by atoms with Gasteiger partial charge in [-0.2, -0.15) is 0 Å². The summed E-state index contributed by atoms with van der Waals surface area (Å²) in [5, 5.41) is 0. The summed E-state index contributed by atoms with van der Waals surface area (Å²) in [7, 11) is 1.33. The summed E-state index contributed by atoms with van der Waals surface area (Å²) in [6.45, 7) is 8.48. The van der Waals surface area contributed by atoms with Gasteiger partial charge in [-0.1, -0.05) is 32.9 Å². The molecule has 1 rings (SSSR count). The number of carbonyl (C=O) groups is 1. The first-order chi connectivity index (χ1) is 9.16. The van der Waals surface area contributed by atoms with Crippen LogP contribution in [0.25, 0.3) is 0 Å². The molecule has 0 heterocycles. The number of nitrogens with two attached hydrogens (primary N) is 1. The fourth-order valence-electron chi connectivity index (χ4n) is 1.77. The largest absolute Gasteiger partial charge is 0.493 e. The Morgan fingerprint density at radius 2 is 1.90 bits per heavy atom. The van der Waals surface area contributed by atoms with Crippen molar-refractivity contribution < 1.29 is 14.3 Å². The highest BCUT2D eigenvalue weighted by molar-refractivity contribution is 5.79. The zero-order chi connectivity index (χ0) is 15.4. The average Bonchev–Trinajstić information content (AvgIpc) is 2.37. The molecule has 4 heteroatoms. The zero-order valence-electron chi connectivity index (χ0n) is 13.0. The molecule has 0 amide bonds. The minimum absolute atomic E-state index is 0.0772. The van der Waals surface area contributed by atoms with Crippen LogP contribution in [0.4, 0.5) is 0 Å². The summed E-state index contributed by atoms with van der Waals surface area (Å²) < 4.78 is 10.3. The van der Waals surface area contributed by atoms with Gasteiger partial charge in [0.15, 0.2) is 0 Å². The number of esters is 1. The Bertz CT molecular complexity index is 461. The van der Waals surface area contributed by atoms with Gasteiger partial charge in [0.25, 0.3) is 0 Å². The van der Waals surface area contributed by atoms with Crippen LogP contribution in [0.1, 0.15) is 39.7 Å². The number of hydrogen-bond acceptors (Lipinski definition) is 4. The van der Waals surface area contributed by atoms with Gasteiger partial charge in [0.2, 0.25) is 0 Å². The van der Waals surface area contributed by atoms with Crippen molar-refractivity contribution in [2.45, 2.75) is 45.1 Å². The molecule has 1 atom stereocenters. The third-order valence-electron chi connectivity index (χ3n) is 3.24. The number of benzene rings is 1. The Kier molecular flexibility index (Phi) is 5.17. The molecule has 0 spiro atoms. The minimum Gasteiger partial charge on any atom is -0.493 e. The molecule has 0 bridgehead atoms. The number of rotatable bonds is 5. The second-order valence-electron chi connectivity index (χ2n) is 6.29. The Balaban J connectivity index is 2.61. The van der Waals surface area contributed by atoms with Crippen LogP contribution in [0.15, 0.2) is 24.3 Å². The van der Waals surface area contributed by atoms with Crippen molar-refractivity contribution in [3.05, 3.63) is 29.8 Å². The smallest absolute Gasteiger partial charge is 0.325 e. The predicted octanol–water partition coefficient (Wildman–Crippen LogP) is 2.64. The first kappa shape index (κ1) is 16.5. The lowest BCUT2D eigenvalue weighted by atomic mass is 9.87. The normalized spacial score (nSPS) is 14.5. The average molecular weight is 279 g/mol. The van der Waals surface area contributed by atoms with Crippen LogP contribution in [-0.2, 0) is 14.9 Å². The molecular formula is C16H25NO3. The number of methoxy groups -OCH3 is 1. The van der Waals surface area contributed by atoms with E-state index in [0.29, 0.717) is 13.0 Å². The van der Waals surface area contributed by atoms with E-state index in [0.717, 1.165) is 5.75 Å². The van der Waals surface area contributed by atoms with E-state index < -0.39 is 11.5 Å². The van der Waals surface area contributed by atoms with E-state index in [4.69, 9.17) is 10.5 Å². The summed E-state index contributed by atoms with van der Waals surface area (Å²) in [5.41, 5.74) is 6.15. The molecule has 0 aliphatic rings. The molecule has 0 saturated heterocycles. The quantitative estimate of drug-likeness (QED) is 0.842. The third-order valence-corrected chi connectivity index (χ3v) is 3.24. The summed E-state index contributed by atoms with van der Waals surface area (Å²) in [6, 6.07) is 7.97. The molecule has 0 saturated carbocycles. The van der Waals surface area contributed by atoms with E-state index in [-0.39, 0.29) is 5.41 Å². The fourth-order valence-corrected chi connectivity index (χ4v) is 1.77. The Labute approximate surface area is 121 Å². The van der Waals surface area contributed by atoms with E-state index in [9.17, 15) is 4.79 Å². The van der Waals surface area contributed by atoms with Gasteiger partial charge in [-0.15, -0.1) is 0 Å². The number of hydrogen-bond donors (Lipinski definition) is 1. The molecule has 2 N–H and O–H groups in total. The maximum absolute atomic E-state index is 11.5. The number of ether oxygens (including phenoxy) is 2. The SMILES string of the molecule is COC(=O)C(C)(N)CCOc1cccc(C(C)(C)C)c1. The lowest BCUT2D eigenvalue weighted by Crippen LogP contribution is -2.46. The molecule has 20 heavy (non-hydrogen) atoms. The molecule has 112 valence electrons. The van der Waals surface area contributed by atoms with Gasteiger partial charge in [0.1, 0.15) is 11.3 Å².